The molecule has 0 fully saturated rings. The van der Waals surface area contributed by atoms with Gasteiger partial charge in [0.1, 0.15) is 4.83 Å². The lowest BCUT2D eigenvalue weighted by atomic mass is 9.96. The highest BCUT2D eigenvalue weighted by Gasteiger charge is 2.28. The predicted octanol–water partition coefficient (Wildman–Crippen LogP) is 4.03. The van der Waals surface area contributed by atoms with Crippen LogP contribution in [-0.4, -0.2) is 32.5 Å². The molecule has 8 heteroatoms. The maximum absolute atomic E-state index is 13.6. The number of carbonyl (C=O) groups is 1. The van der Waals surface area contributed by atoms with Crippen LogP contribution in [0.1, 0.15) is 29.9 Å². The van der Waals surface area contributed by atoms with Crippen LogP contribution >= 0.6 is 23.1 Å². The number of fused-ring (bicyclic) bond motifs is 3. The fourth-order valence-electron chi connectivity index (χ4n) is 3.55. The first-order chi connectivity index (χ1) is 13.8. The summed E-state index contributed by atoms with van der Waals surface area (Å²) in [5.74, 6) is -0.748. The first-order valence-electron chi connectivity index (χ1n) is 9.45. The molecule has 1 aromatic carbocycles. The van der Waals surface area contributed by atoms with Gasteiger partial charge in [0, 0.05) is 11.3 Å². The van der Waals surface area contributed by atoms with Gasteiger partial charge < -0.3 is 9.84 Å². The summed E-state index contributed by atoms with van der Waals surface area (Å²) in [7, 11) is 0. The number of nitrogens with zero attached hydrogens (tertiary/aromatic N) is 2. The van der Waals surface area contributed by atoms with Crippen molar-refractivity contribution in [2.45, 2.75) is 45.1 Å². The molecule has 6 nitrogen and oxygen atoms in total. The lowest BCUT2D eigenvalue weighted by Gasteiger charge is -2.26. The van der Waals surface area contributed by atoms with Gasteiger partial charge in [-0.25, -0.2) is 4.98 Å². The topological polar surface area (TPSA) is 81.4 Å². The van der Waals surface area contributed by atoms with Crippen LogP contribution in [0.5, 0.6) is 0 Å². The van der Waals surface area contributed by atoms with E-state index in [0.29, 0.717) is 40.0 Å². The number of rotatable bonds is 5. The van der Waals surface area contributed by atoms with Crippen LogP contribution in [0.2, 0.25) is 0 Å². The van der Waals surface area contributed by atoms with E-state index in [-0.39, 0.29) is 17.4 Å². The molecule has 1 N–H and O–H groups in total. The predicted molar refractivity (Wildman–Crippen MR) is 115 cm³/mol. The molecule has 0 radical (unpaired) electrons. The van der Waals surface area contributed by atoms with Crippen LogP contribution in [0, 0.1) is 12.8 Å². The number of hydrogen-bond donors (Lipinski definition) is 1. The first kappa shape index (κ1) is 20.1. The molecule has 2 aromatic heterocycles. The summed E-state index contributed by atoms with van der Waals surface area (Å²) in [4.78, 5) is 31.2. The zero-order valence-electron chi connectivity index (χ0n) is 16.5. The Kier molecular flexibility index (Phi) is 5.50. The van der Waals surface area contributed by atoms with Crippen molar-refractivity contribution in [2.24, 2.45) is 5.92 Å². The number of aliphatic carboxylic acids is 1. The molecule has 1 unspecified atom stereocenters. The summed E-state index contributed by atoms with van der Waals surface area (Å²) < 4.78 is 7.52. The molecule has 3 aromatic rings. The monoisotopic (exact) mass is 430 g/mol. The van der Waals surface area contributed by atoms with E-state index >= 15 is 0 Å². The largest absolute Gasteiger partial charge is 0.481 e. The Morgan fingerprint density at radius 2 is 2.24 bits per heavy atom. The van der Waals surface area contributed by atoms with Gasteiger partial charge in [-0.1, -0.05) is 37.7 Å². The highest BCUT2D eigenvalue weighted by Crippen LogP contribution is 2.36. The molecule has 1 aliphatic rings. The summed E-state index contributed by atoms with van der Waals surface area (Å²) >= 11 is 2.54. The van der Waals surface area contributed by atoms with E-state index in [1.54, 1.807) is 4.57 Å². The van der Waals surface area contributed by atoms with Crippen molar-refractivity contribution in [1.29, 1.82) is 0 Å². The van der Waals surface area contributed by atoms with Gasteiger partial charge in [0.15, 0.2) is 5.16 Å². The van der Waals surface area contributed by atoms with Crippen LogP contribution in [0.25, 0.3) is 15.9 Å². The van der Waals surface area contributed by atoms with Crippen molar-refractivity contribution in [2.75, 3.05) is 5.75 Å². The first-order valence-corrected chi connectivity index (χ1v) is 11.3. The third-order valence-corrected chi connectivity index (χ3v) is 7.06. The lowest BCUT2D eigenvalue weighted by molar-refractivity contribution is -0.133. The molecule has 0 bridgehead atoms. The van der Waals surface area contributed by atoms with Crippen molar-refractivity contribution in [1.82, 2.24) is 9.55 Å². The average Bonchev–Trinajstić information content (AvgIpc) is 3.04. The number of hydrogen-bond acceptors (Lipinski definition) is 6. The third kappa shape index (κ3) is 3.84. The second-order valence-corrected chi connectivity index (χ2v) is 9.56. The summed E-state index contributed by atoms with van der Waals surface area (Å²) in [5.41, 5.74) is 2.60. The maximum Gasteiger partial charge on any atom is 0.313 e. The second kappa shape index (κ2) is 7.93. The van der Waals surface area contributed by atoms with Gasteiger partial charge >= 0.3 is 5.97 Å². The van der Waals surface area contributed by atoms with Gasteiger partial charge in [0.2, 0.25) is 0 Å². The van der Waals surface area contributed by atoms with Crippen LogP contribution in [-0.2, 0) is 22.6 Å². The molecule has 1 atom stereocenters. The molecule has 0 spiro atoms. The smallest absolute Gasteiger partial charge is 0.313 e. The number of carboxylic acids is 1. The molecule has 4 rings (SSSR count). The van der Waals surface area contributed by atoms with Crippen molar-refractivity contribution in [3.63, 3.8) is 0 Å². The molecule has 29 heavy (non-hydrogen) atoms. The van der Waals surface area contributed by atoms with E-state index in [9.17, 15) is 9.59 Å². The molecule has 0 amide bonds. The molecule has 0 aliphatic carbocycles. The minimum Gasteiger partial charge on any atom is -0.481 e. The molecule has 0 saturated heterocycles. The van der Waals surface area contributed by atoms with Crippen LogP contribution in [0.4, 0.5) is 0 Å². The lowest BCUT2D eigenvalue weighted by Crippen LogP contribution is -2.28. The molecular formula is C21H22N2O4S2. The summed E-state index contributed by atoms with van der Waals surface area (Å²) in [5, 5.41) is 10.2. The van der Waals surface area contributed by atoms with Gasteiger partial charge in [-0.05, 0) is 36.1 Å². The van der Waals surface area contributed by atoms with Gasteiger partial charge in [-0.3, -0.25) is 14.2 Å². The quantitative estimate of drug-likeness (QED) is 0.486. The Morgan fingerprint density at radius 3 is 2.93 bits per heavy atom. The van der Waals surface area contributed by atoms with E-state index in [1.807, 2.05) is 31.2 Å². The Morgan fingerprint density at radius 1 is 1.45 bits per heavy atom. The summed E-state index contributed by atoms with van der Waals surface area (Å²) in [6.07, 6.45) is 0.771. The number of aromatic nitrogens is 2. The minimum absolute atomic E-state index is 0.0770. The Hall–Kier alpha value is -2.16. The summed E-state index contributed by atoms with van der Waals surface area (Å²) in [6.45, 7) is 6.69. The fourth-order valence-corrected chi connectivity index (χ4v) is 5.45. The number of ether oxygens (including phenoxy) is 1. The number of thioether (sulfide) groups is 1. The van der Waals surface area contributed by atoms with Crippen molar-refractivity contribution in [3.05, 3.63) is 50.6 Å². The normalized spacial score (nSPS) is 16.3. The van der Waals surface area contributed by atoms with E-state index in [1.165, 1.54) is 11.3 Å². The number of thiophene rings is 1. The van der Waals surface area contributed by atoms with Crippen molar-refractivity contribution in [3.8, 4) is 5.69 Å². The van der Waals surface area contributed by atoms with E-state index in [0.717, 1.165) is 27.8 Å². The summed E-state index contributed by atoms with van der Waals surface area (Å²) in [6, 6.07) is 7.62. The Balaban J connectivity index is 1.94. The highest BCUT2D eigenvalue weighted by molar-refractivity contribution is 7.99. The zero-order valence-corrected chi connectivity index (χ0v) is 18.1. The van der Waals surface area contributed by atoms with Gasteiger partial charge in [0.05, 0.1) is 29.5 Å². The number of benzene rings is 1. The van der Waals surface area contributed by atoms with E-state index in [2.05, 4.69) is 13.8 Å². The van der Waals surface area contributed by atoms with Crippen LogP contribution < -0.4 is 5.56 Å². The Labute approximate surface area is 176 Å². The van der Waals surface area contributed by atoms with Gasteiger partial charge in [-0.15, -0.1) is 11.3 Å². The number of carboxylic acid groups (broad SMARTS) is 1. The molecule has 0 saturated carbocycles. The van der Waals surface area contributed by atoms with Gasteiger partial charge in [0.25, 0.3) is 5.56 Å². The minimum atomic E-state index is -0.946. The molecule has 3 heterocycles. The average molecular weight is 431 g/mol. The number of aryl methyl sites for hydroxylation is 1. The highest BCUT2D eigenvalue weighted by atomic mass is 32.2. The molecule has 152 valence electrons. The molecular weight excluding hydrogens is 408 g/mol. The van der Waals surface area contributed by atoms with Crippen LogP contribution in [0.3, 0.4) is 0 Å². The third-order valence-electron chi connectivity index (χ3n) is 5.04. The van der Waals surface area contributed by atoms with E-state index in [4.69, 9.17) is 14.8 Å². The SMILES string of the molecule is Cc1cccc(-n2c(SCC(=O)O)nc3sc4c(c3c2=O)CC(C(C)C)OC4)c1. The fraction of sp³-hybridized carbons (Fsp3) is 0.381. The van der Waals surface area contributed by atoms with Crippen molar-refractivity contribution >= 4 is 39.3 Å². The zero-order chi connectivity index (χ0) is 20.7. The Bertz CT molecular complexity index is 1150. The molecule has 1 aliphatic heterocycles. The standard InChI is InChI=1S/C21H22N2O4S2/c1-11(2)15-8-14-16(9-27-15)29-19-18(14)20(26)23(13-6-4-5-12(3)7-13)21(22-19)28-10-17(24)25/h4-7,11,15H,8-10H2,1-3H3,(H,24,25). The van der Waals surface area contributed by atoms with Crippen molar-refractivity contribution < 1.29 is 14.6 Å². The maximum atomic E-state index is 13.6. The van der Waals surface area contributed by atoms with Gasteiger partial charge in [-0.2, -0.15) is 0 Å². The van der Waals surface area contributed by atoms with E-state index < -0.39 is 5.97 Å². The van der Waals surface area contributed by atoms with Crippen LogP contribution in [0.15, 0.2) is 34.2 Å². The second-order valence-electron chi connectivity index (χ2n) is 7.54.